The van der Waals surface area contributed by atoms with Crippen molar-refractivity contribution in [3.8, 4) is 0 Å². The quantitative estimate of drug-likeness (QED) is 0.0229. The maximum atomic E-state index is 12.4. The van der Waals surface area contributed by atoms with E-state index in [0.29, 0.717) is 50.9 Å². The Hall–Kier alpha value is -2.31. The summed E-state index contributed by atoms with van der Waals surface area (Å²) in [5.41, 5.74) is 5.50. The molecular weight excluding hydrogens is 761 g/mol. The van der Waals surface area contributed by atoms with E-state index in [0.717, 1.165) is 89.9 Å². The summed E-state index contributed by atoms with van der Waals surface area (Å²) in [5.74, 6) is 3.20. The summed E-state index contributed by atoms with van der Waals surface area (Å²) >= 11 is 0. The summed E-state index contributed by atoms with van der Waals surface area (Å²) in [5, 5.41) is 22.2. The first kappa shape index (κ1) is 56.7. The summed E-state index contributed by atoms with van der Waals surface area (Å²) in [6.07, 6.45) is 38.9. The number of unbranched alkanes of at least 4 members (excludes halogenated alkanes) is 14. The highest BCUT2D eigenvalue weighted by Gasteiger charge is 2.34. The number of allylic oxidation sites excluding steroid dienone is 4. The largest absolute Gasteiger partial charge is 0.355 e. The van der Waals surface area contributed by atoms with Crippen LogP contribution in [0.25, 0.3) is 0 Å². The summed E-state index contributed by atoms with van der Waals surface area (Å²) in [4.78, 5) is 35.7. The van der Waals surface area contributed by atoms with Crippen molar-refractivity contribution in [2.75, 3.05) is 78.5 Å². The molecule has 9 N–H and O–H groups in total. The van der Waals surface area contributed by atoms with Gasteiger partial charge >= 0.3 is 0 Å². The first-order valence-electron chi connectivity index (χ1n) is 25.6. The minimum Gasteiger partial charge on any atom is -0.355 e. The lowest BCUT2D eigenvalue weighted by molar-refractivity contribution is -0.122. The second kappa shape index (κ2) is 43.0. The van der Waals surface area contributed by atoms with Gasteiger partial charge in [0.15, 0.2) is 0 Å². The molecule has 0 bridgehead atoms. The highest BCUT2D eigenvalue weighted by Crippen LogP contribution is 2.44. The molecule has 1 aliphatic carbocycles. The van der Waals surface area contributed by atoms with Gasteiger partial charge in [0, 0.05) is 98.3 Å². The molecule has 0 radical (unpaired) electrons. The zero-order valence-corrected chi connectivity index (χ0v) is 39.9. The third-order valence-corrected chi connectivity index (χ3v) is 12.3. The molecule has 0 aliphatic heterocycles. The number of carbonyl (C=O) groups is 3. The Labute approximate surface area is 375 Å². The Bertz CT molecular complexity index is 1090. The molecule has 0 aromatic carbocycles. The Morgan fingerprint density at radius 1 is 0.475 bits per heavy atom. The van der Waals surface area contributed by atoms with E-state index in [1.54, 1.807) is 0 Å². The second-order valence-corrected chi connectivity index (χ2v) is 17.7. The molecule has 4 atom stereocenters. The Morgan fingerprint density at radius 2 is 0.902 bits per heavy atom. The number of amides is 3. The van der Waals surface area contributed by atoms with Crippen LogP contribution < -0.4 is 43.0 Å². The van der Waals surface area contributed by atoms with Crippen LogP contribution in [0.15, 0.2) is 24.3 Å². The predicted octanol–water partition coefficient (Wildman–Crippen LogP) is 7.67. The third-order valence-electron chi connectivity index (χ3n) is 12.3. The van der Waals surface area contributed by atoms with E-state index in [1.807, 2.05) is 0 Å². The first-order valence-corrected chi connectivity index (χ1v) is 25.6. The molecule has 0 saturated heterocycles. The van der Waals surface area contributed by atoms with Gasteiger partial charge in [-0.3, -0.25) is 14.4 Å². The lowest BCUT2D eigenvalue weighted by Crippen LogP contribution is -2.36. The molecule has 0 fully saturated rings. The fraction of sp³-hybridized carbons (Fsp3) is 0.860. The molecule has 11 heteroatoms. The average molecular weight is 859 g/mol. The van der Waals surface area contributed by atoms with Crippen LogP contribution in [0.2, 0.25) is 0 Å². The molecule has 1 aliphatic rings. The smallest absolute Gasteiger partial charge is 0.220 e. The van der Waals surface area contributed by atoms with Crippen LogP contribution in [0.3, 0.4) is 0 Å². The Morgan fingerprint density at radius 3 is 1.43 bits per heavy atom. The number of nitrogens with two attached hydrogens (primary N) is 1. The van der Waals surface area contributed by atoms with Gasteiger partial charge in [-0.15, -0.1) is 0 Å². The van der Waals surface area contributed by atoms with E-state index in [4.69, 9.17) is 5.73 Å². The monoisotopic (exact) mass is 859 g/mol. The van der Waals surface area contributed by atoms with Crippen molar-refractivity contribution in [2.24, 2.45) is 29.4 Å². The van der Waals surface area contributed by atoms with Crippen molar-refractivity contribution in [2.45, 2.75) is 175 Å². The molecule has 4 unspecified atom stereocenters. The predicted molar refractivity (Wildman–Crippen MR) is 260 cm³/mol. The molecule has 3 amide bonds. The zero-order chi connectivity index (χ0) is 44.3. The van der Waals surface area contributed by atoms with Crippen molar-refractivity contribution < 1.29 is 14.4 Å². The molecule has 0 saturated carbocycles. The lowest BCUT2D eigenvalue weighted by Gasteiger charge is -2.40. The Kier molecular flexibility index (Phi) is 39.9. The molecule has 61 heavy (non-hydrogen) atoms. The molecule has 0 spiro atoms. The van der Waals surface area contributed by atoms with Crippen LogP contribution in [0, 0.1) is 23.7 Å². The van der Waals surface area contributed by atoms with Gasteiger partial charge in [-0.1, -0.05) is 128 Å². The number of rotatable bonds is 44. The van der Waals surface area contributed by atoms with Crippen LogP contribution >= 0.6 is 0 Å². The van der Waals surface area contributed by atoms with E-state index in [1.165, 1.54) is 122 Å². The minimum atomic E-state index is -0.00237. The van der Waals surface area contributed by atoms with Crippen LogP contribution in [-0.4, -0.2) is 96.3 Å². The number of carbonyl (C=O) groups excluding carboxylic acids is 3. The van der Waals surface area contributed by atoms with Gasteiger partial charge in [-0.2, -0.15) is 0 Å². The van der Waals surface area contributed by atoms with Crippen LogP contribution in [0.4, 0.5) is 0 Å². The van der Waals surface area contributed by atoms with Gasteiger partial charge in [-0.05, 0) is 75.0 Å². The van der Waals surface area contributed by atoms with Gasteiger partial charge in [0.25, 0.3) is 0 Å². The molecule has 1 rings (SSSR count). The SMILES string of the molecule is CCCCC/C=C/CC1C(CCCCCC)C=CC(CCCCCCCC(=O)NCCNCCNCCN)C1CCCCCCCC(=O)NCCNCCNCCNC(C)=O. The van der Waals surface area contributed by atoms with Crippen LogP contribution in [-0.2, 0) is 14.4 Å². The fourth-order valence-electron chi connectivity index (χ4n) is 8.73. The van der Waals surface area contributed by atoms with Crippen molar-refractivity contribution in [1.29, 1.82) is 0 Å². The van der Waals surface area contributed by atoms with Gasteiger partial charge in [0.05, 0.1) is 0 Å². The van der Waals surface area contributed by atoms with Gasteiger partial charge < -0.3 is 43.0 Å². The number of hydrogen-bond acceptors (Lipinski definition) is 8. The normalized spacial score (nSPS) is 17.6. The highest BCUT2D eigenvalue weighted by molar-refractivity contribution is 5.76. The Balaban J connectivity index is 2.52. The molecule has 11 nitrogen and oxygen atoms in total. The van der Waals surface area contributed by atoms with E-state index in [2.05, 4.69) is 75.4 Å². The van der Waals surface area contributed by atoms with E-state index in [-0.39, 0.29) is 17.7 Å². The van der Waals surface area contributed by atoms with E-state index >= 15 is 0 Å². The van der Waals surface area contributed by atoms with Crippen molar-refractivity contribution in [3.05, 3.63) is 24.3 Å². The third kappa shape index (κ3) is 34.8. The van der Waals surface area contributed by atoms with Crippen LogP contribution in [0.5, 0.6) is 0 Å². The van der Waals surface area contributed by atoms with Gasteiger partial charge in [0.2, 0.25) is 17.7 Å². The highest BCUT2D eigenvalue weighted by atomic mass is 16.2. The molecule has 0 aromatic heterocycles. The maximum absolute atomic E-state index is 12.4. The lowest BCUT2D eigenvalue weighted by atomic mass is 9.65. The summed E-state index contributed by atoms with van der Waals surface area (Å²) < 4.78 is 0. The average Bonchev–Trinajstić information content (AvgIpc) is 3.25. The van der Waals surface area contributed by atoms with E-state index in [9.17, 15) is 14.4 Å². The minimum absolute atomic E-state index is 0.00237. The first-order chi connectivity index (χ1) is 29.9. The topological polar surface area (TPSA) is 161 Å². The summed E-state index contributed by atoms with van der Waals surface area (Å²) in [7, 11) is 0. The van der Waals surface area contributed by atoms with E-state index < -0.39 is 0 Å². The van der Waals surface area contributed by atoms with Crippen LogP contribution in [0.1, 0.15) is 175 Å². The number of nitrogens with one attached hydrogen (secondary N) is 7. The molecular formula is C50H98N8O3. The number of hydrogen-bond donors (Lipinski definition) is 8. The summed E-state index contributed by atoms with van der Waals surface area (Å²) in [6, 6.07) is 0. The standard InChI is InChI=1S/C50H98N8O3/c1-4-6-8-10-14-20-26-47-45(24-18-9-7-5-2)30-31-46(25-19-13-11-16-22-28-49(60)57-42-39-54-35-34-52-33-32-51)48(47)27-21-15-12-17-23-29-50(61)58-43-40-55-37-36-53-38-41-56-44(3)59/h14,20,30-31,45-48,52-55H,4-13,15-19,21-29,32-43,51H2,1-3H3,(H,56,59)(H,57,60)(H,58,61)/b20-14+. The van der Waals surface area contributed by atoms with Crippen molar-refractivity contribution in [1.82, 2.24) is 37.2 Å². The fourth-order valence-corrected chi connectivity index (χ4v) is 8.73. The van der Waals surface area contributed by atoms with Crippen molar-refractivity contribution >= 4 is 17.7 Å². The molecule has 0 heterocycles. The van der Waals surface area contributed by atoms with Crippen molar-refractivity contribution in [3.63, 3.8) is 0 Å². The maximum Gasteiger partial charge on any atom is 0.220 e. The second-order valence-electron chi connectivity index (χ2n) is 17.7. The summed E-state index contributed by atoms with van der Waals surface area (Å²) in [6.45, 7) is 15.4. The van der Waals surface area contributed by atoms with Gasteiger partial charge in [-0.25, -0.2) is 0 Å². The molecule has 0 aromatic rings. The molecule has 356 valence electrons. The zero-order valence-electron chi connectivity index (χ0n) is 39.9. The van der Waals surface area contributed by atoms with Gasteiger partial charge in [0.1, 0.15) is 0 Å².